The number of amides is 2. The van der Waals surface area contributed by atoms with Crippen molar-refractivity contribution in [1.82, 2.24) is 4.90 Å². The smallest absolute Gasteiger partial charge is 0.242 e. The quantitative estimate of drug-likeness (QED) is 0.752. The van der Waals surface area contributed by atoms with Crippen molar-refractivity contribution in [1.29, 1.82) is 0 Å². The van der Waals surface area contributed by atoms with Crippen LogP contribution in [0.25, 0.3) is 0 Å². The summed E-state index contributed by atoms with van der Waals surface area (Å²) in [5.41, 5.74) is 2.22. The zero-order valence-corrected chi connectivity index (χ0v) is 16.8. The topological polar surface area (TPSA) is 82.0 Å². The van der Waals surface area contributed by atoms with Crippen LogP contribution in [0.5, 0.6) is 0 Å². The summed E-state index contributed by atoms with van der Waals surface area (Å²) in [6.07, 6.45) is 0.00515. The van der Waals surface area contributed by atoms with Crippen LogP contribution in [0.3, 0.4) is 0 Å². The Morgan fingerprint density at radius 1 is 1.29 bits per heavy atom. The van der Waals surface area contributed by atoms with Gasteiger partial charge in [0.2, 0.25) is 11.8 Å². The molecule has 8 heteroatoms. The van der Waals surface area contributed by atoms with E-state index >= 15 is 0 Å². The number of nitrogens with one attached hydrogen (secondary N) is 1. The molecule has 1 saturated heterocycles. The summed E-state index contributed by atoms with van der Waals surface area (Å²) in [7, 11) is 0. The van der Waals surface area contributed by atoms with Gasteiger partial charge in [-0.25, -0.2) is 4.99 Å². The van der Waals surface area contributed by atoms with E-state index in [0.29, 0.717) is 21.6 Å². The lowest BCUT2D eigenvalue weighted by Crippen LogP contribution is -2.35. The molecule has 2 amide bonds. The Morgan fingerprint density at radius 3 is 2.75 bits per heavy atom. The number of rotatable bonds is 6. The Bertz CT molecular complexity index is 905. The average molecular weight is 418 g/mol. The molecule has 0 spiro atoms. The molecular formula is C20H20ClN3O3S. The molecule has 146 valence electrons. The molecule has 1 atom stereocenters. The van der Waals surface area contributed by atoms with E-state index in [4.69, 9.17) is 11.6 Å². The number of carbonyl (C=O) groups is 2. The third kappa shape index (κ3) is 4.92. The molecule has 2 N–H and O–H groups in total. The molecule has 0 aliphatic carbocycles. The molecule has 0 bridgehead atoms. The van der Waals surface area contributed by atoms with Crippen LogP contribution < -0.4 is 5.32 Å². The number of carbonyl (C=O) groups excluding carboxylic acids is 2. The van der Waals surface area contributed by atoms with Gasteiger partial charge in [0, 0.05) is 17.1 Å². The summed E-state index contributed by atoms with van der Waals surface area (Å²) in [5, 5.41) is 12.5. The minimum absolute atomic E-state index is 0.00515. The first kappa shape index (κ1) is 20.4. The second-order valence-electron chi connectivity index (χ2n) is 6.26. The minimum Gasteiger partial charge on any atom is -0.395 e. The van der Waals surface area contributed by atoms with Crippen LogP contribution in [0.4, 0.5) is 11.4 Å². The maximum absolute atomic E-state index is 12.7. The lowest BCUT2D eigenvalue weighted by molar-refractivity contribution is -0.128. The fourth-order valence-corrected chi connectivity index (χ4v) is 4.10. The van der Waals surface area contributed by atoms with Gasteiger partial charge in [0.15, 0.2) is 5.17 Å². The lowest BCUT2D eigenvalue weighted by atomic mass is 10.2. The SMILES string of the molecule is Cc1ccc(Cl)cc1NC(=O)C[C@@H]1SC(=Nc2ccccc2)N(CCO)C1=O. The molecule has 1 aliphatic heterocycles. The lowest BCUT2D eigenvalue weighted by Gasteiger charge is -2.14. The fraction of sp³-hybridized carbons (Fsp3) is 0.250. The number of benzene rings is 2. The fourth-order valence-electron chi connectivity index (χ4n) is 2.74. The van der Waals surface area contributed by atoms with Gasteiger partial charge >= 0.3 is 0 Å². The number of amidine groups is 1. The van der Waals surface area contributed by atoms with Crippen LogP contribution in [-0.2, 0) is 9.59 Å². The van der Waals surface area contributed by atoms with Gasteiger partial charge in [0.25, 0.3) is 0 Å². The van der Waals surface area contributed by atoms with E-state index in [1.54, 1.807) is 12.1 Å². The summed E-state index contributed by atoms with van der Waals surface area (Å²) in [6.45, 7) is 1.83. The van der Waals surface area contributed by atoms with Crippen molar-refractivity contribution in [3.8, 4) is 0 Å². The molecule has 6 nitrogen and oxygen atoms in total. The van der Waals surface area contributed by atoms with E-state index in [1.807, 2.05) is 43.3 Å². The number of halogens is 1. The van der Waals surface area contributed by atoms with Crippen LogP contribution in [0.15, 0.2) is 53.5 Å². The Morgan fingerprint density at radius 2 is 2.04 bits per heavy atom. The van der Waals surface area contributed by atoms with Gasteiger partial charge in [0.1, 0.15) is 5.25 Å². The number of hydrogen-bond donors (Lipinski definition) is 2. The zero-order valence-electron chi connectivity index (χ0n) is 15.3. The molecule has 0 saturated carbocycles. The van der Waals surface area contributed by atoms with Crippen LogP contribution >= 0.6 is 23.4 Å². The van der Waals surface area contributed by atoms with Crippen molar-refractivity contribution >= 4 is 51.7 Å². The Kier molecular flexibility index (Phi) is 6.72. The third-order valence-electron chi connectivity index (χ3n) is 4.17. The number of anilines is 1. The monoisotopic (exact) mass is 417 g/mol. The van der Waals surface area contributed by atoms with Crippen molar-refractivity contribution in [2.45, 2.75) is 18.6 Å². The molecule has 1 heterocycles. The van der Waals surface area contributed by atoms with Crippen molar-refractivity contribution in [2.24, 2.45) is 4.99 Å². The van der Waals surface area contributed by atoms with Gasteiger partial charge in [0.05, 0.1) is 18.8 Å². The largest absolute Gasteiger partial charge is 0.395 e. The number of aliphatic imine (C=N–C) groups is 1. The number of aliphatic hydroxyl groups excluding tert-OH is 1. The maximum atomic E-state index is 12.7. The highest BCUT2D eigenvalue weighted by Crippen LogP contribution is 2.32. The Labute approximate surface area is 172 Å². The Balaban J connectivity index is 1.73. The predicted molar refractivity (Wildman–Crippen MR) is 113 cm³/mol. The molecular weight excluding hydrogens is 398 g/mol. The van der Waals surface area contributed by atoms with Crippen LogP contribution in [0.2, 0.25) is 5.02 Å². The van der Waals surface area contributed by atoms with Gasteiger partial charge in [-0.05, 0) is 36.8 Å². The number of nitrogens with zero attached hydrogens (tertiary/aromatic N) is 2. The number of hydrogen-bond acceptors (Lipinski definition) is 5. The predicted octanol–water partition coefficient (Wildman–Crippen LogP) is 3.60. The number of para-hydroxylation sites is 1. The maximum Gasteiger partial charge on any atom is 0.242 e. The standard InChI is InChI=1S/C20H20ClN3O3S/c1-13-7-8-14(21)11-16(13)23-18(26)12-17-19(27)24(9-10-25)20(28-17)22-15-5-3-2-4-6-15/h2-8,11,17,25H,9-10,12H2,1H3,(H,23,26)/t17-/m0/s1. The molecule has 0 radical (unpaired) electrons. The number of β-amino-alcohol motifs (C(OH)–C–C–N with tert-alkyl or cyclic N) is 1. The number of aryl methyl sites for hydroxylation is 1. The first-order valence-electron chi connectivity index (χ1n) is 8.76. The Hall–Kier alpha value is -2.35. The number of aliphatic hydroxyl groups is 1. The molecule has 2 aromatic carbocycles. The molecule has 28 heavy (non-hydrogen) atoms. The van der Waals surface area contributed by atoms with E-state index in [-0.39, 0.29) is 31.4 Å². The number of thioether (sulfide) groups is 1. The molecule has 1 fully saturated rings. The molecule has 1 aliphatic rings. The van der Waals surface area contributed by atoms with Gasteiger partial charge < -0.3 is 10.4 Å². The second-order valence-corrected chi connectivity index (χ2v) is 7.87. The average Bonchev–Trinajstić information content (AvgIpc) is 2.94. The van der Waals surface area contributed by atoms with Crippen LogP contribution in [0, 0.1) is 6.92 Å². The van der Waals surface area contributed by atoms with E-state index in [9.17, 15) is 14.7 Å². The summed E-state index contributed by atoms with van der Waals surface area (Å²) in [5.74, 6) is -0.507. The summed E-state index contributed by atoms with van der Waals surface area (Å²) >= 11 is 7.22. The first-order chi connectivity index (χ1) is 13.5. The van der Waals surface area contributed by atoms with Gasteiger partial charge in [-0.15, -0.1) is 0 Å². The van der Waals surface area contributed by atoms with E-state index < -0.39 is 5.25 Å². The van der Waals surface area contributed by atoms with Crippen molar-refractivity contribution in [2.75, 3.05) is 18.5 Å². The highest BCUT2D eigenvalue weighted by Gasteiger charge is 2.38. The van der Waals surface area contributed by atoms with Crippen molar-refractivity contribution < 1.29 is 14.7 Å². The van der Waals surface area contributed by atoms with Crippen LogP contribution in [0.1, 0.15) is 12.0 Å². The van der Waals surface area contributed by atoms with Gasteiger partial charge in [-0.1, -0.05) is 47.6 Å². The molecule has 0 aromatic heterocycles. The minimum atomic E-state index is -0.589. The van der Waals surface area contributed by atoms with Crippen molar-refractivity contribution in [3.63, 3.8) is 0 Å². The van der Waals surface area contributed by atoms with Gasteiger partial charge in [-0.2, -0.15) is 0 Å². The van der Waals surface area contributed by atoms with Gasteiger partial charge in [-0.3, -0.25) is 14.5 Å². The van der Waals surface area contributed by atoms with E-state index in [0.717, 1.165) is 5.56 Å². The normalized spacial score (nSPS) is 18.0. The second kappa shape index (κ2) is 9.23. The molecule has 3 rings (SSSR count). The zero-order chi connectivity index (χ0) is 20.1. The third-order valence-corrected chi connectivity index (χ3v) is 5.58. The first-order valence-corrected chi connectivity index (χ1v) is 10.0. The van der Waals surface area contributed by atoms with Crippen molar-refractivity contribution in [3.05, 3.63) is 59.1 Å². The highest BCUT2D eigenvalue weighted by atomic mass is 35.5. The summed E-state index contributed by atoms with van der Waals surface area (Å²) in [4.78, 5) is 31.1. The molecule has 0 unspecified atom stereocenters. The molecule has 2 aromatic rings. The highest BCUT2D eigenvalue weighted by molar-refractivity contribution is 8.15. The summed E-state index contributed by atoms with van der Waals surface area (Å²) in [6, 6.07) is 14.5. The summed E-state index contributed by atoms with van der Waals surface area (Å²) < 4.78 is 0. The van der Waals surface area contributed by atoms with E-state index in [1.165, 1.54) is 16.7 Å². The van der Waals surface area contributed by atoms with E-state index in [2.05, 4.69) is 10.3 Å². The van der Waals surface area contributed by atoms with Crippen LogP contribution in [-0.4, -0.2) is 45.4 Å².